The first-order valence-electron chi connectivity index (χ1n) is 16.5. The fourth-order valence-corrected chi connectivity index (χ4v) is 11.8. The van der Waals surface area contributed by atoms with Gasteiger partial charge in [0.05, 0.1) is 23.4 Å². The molecule has 1 saturated heterocycles. The summed E-state index contributed by atoms with van der Waals surface area (Å²) in [5, 5.41) is 28.2. The van der Waals surface area contributed by atoms with Gasteiger partial charge in [-0.25, -0.2) is 4.79 Å². The Hall–Kier alpha value is -1.54. The quantitative estimate of drug-likeness (QED) is 0.383. The Balaban J connectivity index is 0.00000120. The van der Waals surface area contributed by atoms with Crippen LogP contribution in [0.15, 0.2) is 24.5 Å². The zero-order valence-electron chi connectivity index (χ0n) is 26.5. The van der Waals surface area contributed by atoms with Crippen LogP contribution in [-0.4, -0.2) is 63.4 Å². The molecule has 1 aromatic rings. The predicted octanol–water partition coefficient (Wildman–Crippen LogP) is 5.80. The molecule has 0 radical (unpaired) electrons. The van der Waals surface area contributed by atoms with Crippen LogP contribution in [0.3, 0.4) is 0 Å². The van der Waals surface area contributed by atoms with Gasteiger partial charge >= 0.3 is 5.97 Å². The minimum Gasteiger partial charge on any atom is -0.458 e. The average molecular weight is 586 g/mol. The number of aliphatic hydroxyl groups is 3. The number of carbonyl (C=O) groups excluding carboxylic acids is 1. The van der Waals surface area contributed by atoms with Crippen LogP contribution in [0.2, 0.25) is 0 Å². The van der Waals surface area contributed by atoms with Gasteiger partial charge in [-0.2, -0.15) is 0 Å². The van der Waals surface area contributed by atoms with Crippen molar-refractivity contribution in [3.05, 3.63) is 30.1 Å². The third-order valence-electron chi connectivity index (χ3n) is 13.8. The highest BCUT2D eigenvalue weighted by Crippen LogP contribution is 2.87. The van der Waals surface area contributed by atoms with Crippen molar-refractivity contribution in [3.63, 3.8) is 0 Å². The summed E-state index contributed by atoms with van der Waals surface area (Å²) in [6.07, 6.45) is 14.0. The summed E-state index contributed by atoms with van der Waals surface area (Å²) in [6.45, 7) is 10.7. The summed E-state index contributed by atoms with van der Waals surface area (Å²) >= 11 is 0. The van der Waals surface area contributed by atoms with Crippen molar-refractivity contribution in [1.82, 2.24) is 4.98 Å². The van der Waals surface area contributed by atoms with Crippen LogP contribution >= 0.6 is 0 Å². The van der Waals surface area contributed by atoms with Crippen molar-refractivity contribution in [2.75, 3.05) is 7.11 Å². The normalized spacial score (nSPS) is 45.4. The van der Waals surface area contributed by atoms with Gasteiger partial charge in [0.25, 0.3) is 0 Å². The molecule has 0 amide bonds. The van der Waals surface area contributed by atoms with Crippen molar-refractivity contribution in [2.45, 2.75) is 129 Å². The molecule has 42 heavy (non-hydrogen) atoms. The monoisotopic (exact) mass is 585 g/mol. The first-order chi connectivity index (χ1) is 19.8. The maximum atomic E-state index is 13.0. The number of nitrogens with zero attached hydrogens (tertiary/aromatic N) is 1. The van der Waals surface area contributed by atoms with E-state index >= 15 is 0 Å². The molecule has 1 aromatic heterocycles. The Bertz CT molecular complexity index is 1170. The average Bonchev–Trinajstić information content (AvgIpc) is 3.55. The molecular weight excluding hydrogens is 530 g/mol. The number of fused-ring (bicyclic) bond motifs is 4. The lowest BCUT2D eigenvalue weighted by atomic mass is 9.46. The Morgan fingerprint density at radius 2 is 1.79 bits per heavy atom. The van der Waals surface area contributed by atoms with Gasteiger partial charge in [-0.15, -0.1) is 0 Å². The summed E-state index contributed by atoms with van der Waals surface area (Å²) in [7, 11) is 1.00. The van der Waals surface area contributed by atoms with Crippen LogP contribution < -0.4 is 0 Å². The minimum atomic E-state index is -1.15. The molecule has 5 aliphatic carbocycles. The van der Waals surface area contributed by atoms with E-state index in [1.54, 1.807) is 38.4 Å². The lowest BCUT2D eigenvalue weighted by molar-refractivity contribution is -0.177. The predicted molar refractivity (Wildman–Crippen MR) is 162 cm³/mol. The van der Waals surface area contributed by atoms with Crippen LogP contribution in [0, 0.1) is 45.3 Å². The molecule has 0 bridgehead atoms. The largest absolute Gasteiger partial charge is 0.458 e. The highest BCUT2D eigenvalue weighted by atomic mass is 16.5. The van der Waals surface area contributed by atoms with Crippen LogP contribution in [0.5, 0.6) is 0 Å². The van der Waals surface area contributed by atoms with Crippen LogP contribution in [0.1, 0.15) is 111 Å². The van der Waals surface area contributed by atoms with Gasteiger partial charge in [-0.1, -0.05) is 20.8 Å². The second-order valence-electron chi connectivity index (χ2n) is 16.1. The van der Waals surface area contributed by atoms with E-state index in [9.17, 15) is 15.0 Å². The van der Waals surface area contributed by atoms with E-state index in [1.807, 2.05) is 0 Å². The van der Waals surface area contributed by atoms with E-state index in [4.69, 9.17) is 14.6 Å². The van der Waals surface area contributed by atoms with Gasteiger partial charge in [0, 0.05) is 26.3 Å². The van der Waals surface area contributed by atoms with Crippen LogP contribution in [-0.2, 0) is 9.47 Å². The van der Waals surface area contributed by atoms with E-state index < -0.39 is 11.7 Å². The molecule has 236 valence electrons. The van der Waals surface area contributed by atoms with Crippen molar-refractivity contribution >= 4 is 5.97 Å². The van der Waals surface area contributed by atoms with E-state index in [0.29, 0.717) is 39.6 Å². The number of rotatable bonds is 4. The van der Waals surface area contributed by atoms with E-state index in [-0.39, 0.29) is 31.1 Å². The number of carbonyl (C=O) groups is 1. The Labute approximate surface area is 253 Å². The second kappa shape index (κ2) is 10.3. The number of aliphatic hydroxyl groups excluding tert-OH is 2. The lowest BCUT2D eigenvalue weighted by Crippen LogP contribution is -2.55. The van der Waals surface area contributed by atoms with Crippen LogP contribution in [0.25, 0.3) is 0 Å². The first kappa shape index (κ1) is 30.5. The van der Waals surface area contributed by atoms with Crippen molar-refractivity contribution in [1.29, 1.82) is 0 Å². The summed E-state index contributed by atoms with van der Waals surface area (Å²) in [5.41, 5.74) is 0.500. The number of pyridine rings is 1. The maximum absolute atomic E-state index is 13.0. The number of esters is 1. The summed E-state index contributed by atoms with van der Waals surface area (Å²) in [4.78, 5) is 17.1. The number of hydrogen-bond acceptors (Lipinski definition) is 7. The standard InChI is InChI=1S/C34H49NO5.CH4O.H2/c1-30(2)26-11-9-21-23-17-25-22(8-10-24(39-25)28(36)31(3,4)38)32(23,5)14-15-33(21)19-34(26,33)13-12-27(30)40-29(37)20-7-6-16-35-18-20;1-2;/h6-7,16,18,21-28,36,38H,8-15,17,19H2,1-5H3;2H,1H3;1H/t21?,22?,23?,24?,25?,26?,27-,28-,32?,33-,34?;;/m0../s1. The number of ether oxygens (including phenoxy) is 2. The molecule has 7 heteroatoms. The molecule has 2 spiro atoms. The van der Waals surface area contributed by atoms with Gasteiger partial charge in [-0.3, -0.25) is 4.98 Å². The third kappa shape index (κ3) is 4.27. The molecular formula is C35H55NO6. The highest BCUT2D eigenvalue weighted by molar-refractivity contribution is 5.89. The first-order valence-corrected chi connectivity index (χ1v) is 16.5. The molecule has 2 heterocycles. The van der Waals surface area contributed by atoms with Crippen molar-refractivity contribution in [2.24, 2.45) is 45.3 Å². The SMILES string of the molecule is CC12CC[C@@]34CC35CC[C@H](OC(=O)c3cccnc3)C(C)(C)C5CCC4C1CC1OC([C@H](O)C(C)(C)O)CCC12.CO.[HH]. The van der Waals surface area contributed by atoms with Gasteiger partial charge < -0.3 is 24.8 Å². The molecule has 1 aliphatic heterocycles. The lowest BCUT2D eigenvalue weighted by Gasteiger charge is -2.59. The smallest absolute Gasteiger partial charge is 0.339 e. The zero-order valence-corrected chi connectivity index (χ0v) is 26.5. The molecule has 5 saturated carbocycles. The fourth-order valence-electron chi connectivity index (χ4n) is 11.8. The topological polar surface area (TPSA) is 109 Å². The molecule has 6 aliphatic rings. The Kier molecular flexibility index (Phi) is 7.44. The third-order valence-corrected chi connectivity index (χ3v) is 13.8. The molecule has 3 N–H and O–H groups in total. The molecule has 0 aromatic carbocycles. The van der Waals surface area contributed by atoms with Gasteiger partial charge in [0.15, 0.2) is 0 Å². The second-order valence-corrected chi connectivity index (χ2v) is 16.1. The van der Waals surface area contributed by atoms with Crippen LogP contribution in [0.4, 0.5) is 0 Å². The molecule has 7 rings (SSSR count). The number of hydrogen-bond donors (Lipinski definition) is 3. The molecule has 6 fully saturated rings. The van der Waals surface area contributed by atoms with Gasteiger partial charge in [0.2, 0.25) is 0 Å². The number of aromatic nitrogens is 1. The summed E-state index contributed by atoms with van der Waals surface area (Å²) in [5.74, 6) is 2.34. The van der Waals surface area contributed by atoms with Gasteiger partial charge in [0.1, 0.15) is 12.2 Å². The maximum Gasteiger partial charge on any atom is 0.339 e. The summed E-state index contributed by atoms with van der Waals surface area (Å²) < 4.78 is 12.9. The van der Waals surface area contributed by atoms with Gasteiger partial charge in [-0.05, 0) is 130 Å². The molecule has 11 atom stereocenters. The van der Waals surface area contributed by atoms with E-state index in [0.717, 1.165) is 38.7 Å². The zero-order chi connectivity index (χ0) is 30.3. The van der Waals surface area contributed by atoms with Crippen molar-refractivity contribution in [3.8, 4) is 0 Å². The fraction of sp³-hybridized carbons (Fsp3) is 0.829. The Morgan fingerprint density at radius 1 is 1.05 bits per heavy atom. The molecule has 7 nitrogen and oxygen atoms in total. The Morgan fingerprint density at radius 3 is 2.48 bits per heavy atom. The molecule has 8 unspecified atom stereocenters. The van der Waals surface area contributed by atoms with Crippen molar-refractivity contribution < 1.29 is 31.0 Å². The van der Waals surface area contributed by atoms with E-state index in [1.165, 1.54) is 38.5 Å². The summed E-state index contributed by atoms with van der Waals surface area (Å²) in [6, 6.07) is 3.59. The minimum absolute atomic E-state index is 0. The highest BCUT2D eigenvalue weighted by Gasteiger charge is 2.81. The van der Waals surface area contributed by atoms with E-state index in [2.05, 4.69) is 25.8 Å².